The predicted molar refractivity (Wildman–Crippen MR) is 100 cm³/mol. The summed E-state index contributed by atoms with van der Waals surface area (Å²) in [6.07, 6.45) is 1.04. The van der Waals surface area contributed by atoms with Crippen molar-refractivity contribution in [3.05, 3.63) is 63.1 Å². The van der Waals surface area contributed by atoms with Crippen LogP contribution < -0.4 is 10.6 Å². The summed E-state index contributed by atoms with van der Waals surface area (Å²) in [5.74, 6) is -0.612. The van der Waals surface area contributed by atoms with Gasteiger partial charge in [0.05, 0.1) is 10.0 Å². The first-order chi connectivity index (χ1) is 11.9. The van der Waals surface area contributed by atoms with E-state index in [0.717, 1.165) is 5.56 Å². The Morgan fingerprint density at radius 2 is 1.60 bits per heavy atom. The summed E-state index contributed by atoms with van der Waals surface area (Å²) in [6, 6.07) is 12.0. The Morgan fingerprint density at radius 3 is 2.20 bits per heavy atom. The third-order valence-corrected chi connectivity index (χ3v) is 5.15. The van der Waals surface area contributed by atoms with Gasteiger partial charge >= 0.3 is 0 Å². The molecule has 0 heterocycles. The third-order valence-electron chi connectivity index (χ3n) is 4.16. The zero-order valence-corrected chi connectivity index (χ0v) is 15.4. The SMILES string of the molecule is O=C(NCc1ccc(Cl)cc1)C1(C(=O)Nc2ccc(Cl)c(Cl)c2)CC1. The molecule has 0 bridgehead atoms. The molecule has 1 aliphatic carbocycles. The lowest BCUT2D eigenvalue weighted by atomic mass is 10.0. The number of halogens is 3. The Kier molecular flexibility index (Phi) is 5.23. The molecule has 1 aliphatic rings. The number of hydrogen-bond acceptors (Lipinski definition) is 2. The molecule has 3 rings (SSSR count). The molecule has 2 aromatic rings. The first-order valence-electron chi connectivity index (χ1n) is 7.70. The number of rotatable bonds is 5. The van der Waals surface area contributed by atoms with Gasteiger partial charge in [0.15, 0.2) is 0 Å². The summed E-state index contributed by atoms with van der Waals surface area (Å²) < 4.78 is 0. The molecule has 2 amide bonds. The summed E-state index contributed by atoms with van der Waals surface area (Å²) in [6.45, 7) is 0.345. The van der Waals surface area contributed by atoms with Crippen LogP contribution in [0.15, 0.2) is 42.5 Å². The van der Waals surface area contributed by atoms with Gasteiger partial charge in [-0.25, -0.2) is 0 Å². The minimum Gasteiger partial charge on any atom is -0.351 e. The second-order valence-electron chi connectivity index (χ2n) is 5.97. The van der Waals surface area contributed by atoms with E-state index in [0.29, 0.717) is 40.1 Å². The van der Waals surface area contributed by atoms with Crippen molar-refractivity contribution >= 4 is 52.3 Å². The van der Waals surface area contributed by atoms with Gasteiger partial charge in [0, 0.05) is 17.3 Å². The van der Waals surface area contributed by atoms with Gasteiger partial charge < -0.3 is 10.6 Å². The predicted octanol–water partition coefficient (Wildman–Crippen LogP) is 4.68. The number of anilines is 1. The van der Waals surface area contributed by atoms with Crippen LogP contribution in [-0.4, -0.2) is 11.8 Å². The van der Waals surface area contributed by atoms with Crippen molar-refractivity contribution in [1.29, 1.82) is 0 Å². The van der Waals surface area contributed by atoms with Crippen LogP contribution in [0, 0.1) is 5.41 Å². The molecule has 0 aromatic heterocycles. The van der Waals surface area contributed by atoms with E-state index in [2.05, 4.69) is 10.6 Å². The quantitative estimate of drug-likeness (QED) is 0.720. The molecule has 4 nitrogen and oxygen atoms in total. The Balaban J connectivity index is 1.62. The zero-order valence-electron chi connectivity index (χ0n) is 13.1. The smallest absolute Gasteiger partial charge is 0.240 e. The number of amides is 2. The van der Waals surface area contributed by atoms with Crippen LogP contribution in [0.2, 0.25) is 15.1 Å². The van der Waals surface area contributed by atoms with Gasteiger partial charge in [0.1, 0.15) is 5.41 Å². The second-order valence-corrected chi connectivity index (χ2v) is 7.23. The fourth-order valence-corrected chi connectivity index (χ4v) is 2.88. The molecule has 25 heavy (non-hydrogen) atoms. The highest BCUT2D eigenvalue weighted by atomic mass is 35.5. The lowest BCUT2D eigenvalue weighted by molar-refractivity contribution is -0.134. The van der Waals surface area contributed by atoms with Crippen molar-refractivity contribution < 1.29 is 9.59 Å². The molecule has 0 aliphatic heterocycles. The highest BCUT2D eigenvalue weighted by Crippen LogP contribution is 2.47. The lowest BCUT2D eigenvalue weighted by Gasteiger charge is -2.16. The molecule has 2 N–H and O–H groups in total. The summed E-state index contributed by atoms with van der Waals surface area (Å²) in [4.78, 5) is 25.0. The fraction of sp³-hybridized carbons (Fsp3) is 0.222. The highest BCUT2D eigenvalue weighted by Gasteiger charge is 2.56. The molecule has 7 heteroatoms. The summed E-state index contributed by atoms with van der Waals surface area (Å²) in [5, 5.41) is 6.94. The molecule has 0 spiro atoms. The van der Waals surface area contributed by atoms with Gasteiger partial charge in [-0.1, -0.05) is 46.9 Å². The third kappa shape index (κ3) is 4.09. The van der Waals surface area contributed by atoms with Crippen LogP contribution >= 0.6 is 34.8 Å². The number of hydrogen-bond donors (Lipinski definition) is 2. The van der Waals surface area contributed by atoms with Crippen LogP contribution in [0.5, 0.6) is 0 Å². The maximum absolute atomic E-state index is 12.5. The van der Waals surface area contributed by atoms with Crippen molar-refractivity contribution in [2.75, 3.05) is 5.32 Å². The largest absolute Gasteiger partial charge is 0.351 e. The monoisotopic (exact) mass is 396 g/mol. The average Bonchev–Trinajstić information content (AvgIpc) is 3.39. The Hall–Kier alpha value is -1.75. The van der Waals surface area contributed by atoms with Crippen LogP contribution in [0.1, 0.15) is 18.4 Å². The Morgan fingerprint density at radius 1 is 0.920 bits per heavy atom. The van der Waals surface area contributed by atoms with Crippen molar-refractivity contribution in [2.45, 2.75) is 19.4 Å². The first kappa shape index (κ1) is 18.1. The van der Waals surface area contributed by atoms with Crippen molar-refractivity contribution in [1.82, 2.24) is 5.32 Å². The minimum atomic E-state index is -1.02. The van der Waals surface area contributed by atoms with Gasteiger partial charge in [-0.05, 0) is 48.7 Å². The van der Waals surface area contributed by atoms with Gasteiger partial charge in [-0.2, -0.15) is 0 Å². The number of carbonyl (C=O) groups is 2. The van der Waals surface area contributed by atoms with E-state index < -0.39 is 5.41 Å². The van der Waals surface area contributed by atoms with Gasteiger partial charge in [-0.15, -0.1) is 0 Å². The van der Waals surface area contributed by atoms with Crippen molar-refractivity contribution in [3.8, 4) is 0 Å². The Labute approximate surface area is 160 Å². The molecule has 0 saturated heterocycles. The normalized spacial score (nSPS) is 14.7. The summed E-state index contributed by atoms with van der Waals surface area (Å²) in [7, 11) is 0. The average molecular weight is 398 g/mol. The van der Waals surface area contributed by atoms with Crippen molar-refractivity contribution in [3.63, 3.8) is 0 Å². The molecule has 2 aromatic carbocycles. The van der Waals surface area contributed by atoms with E-state index in [1.54, 1.807) is 30.3 Å². The number of benzene rings is 2. The molecule has 0 radical (unpaired) electrons. The topological polar surface area (TPSA) is 58.2 Å². The van der Waals surface area contributed by atoms with Crippen LogP contribution in [0.3, 0.4) is 0 Å². The maximum Gasteiger partial charge on any atom is 0.240 e. The second kappa shape index (κ2) is 7.24. The molecule has 1 saturated carbocycles. The van der Waals surface area contributed by atoms with E-state index >= 15 is 0 Å². The van der Waals surface area contributed by atoms with Gasteiger partial charge in [-0.3, -0.25) is 9.59 Å². The summed E-state index contributed by atoms with van der Waals surface area (Å²) in [5.41, 5.74) is 0.410. The summed E-state index contributed by atoms with van der Waals surface area (Å²) >= 11 is 17.6. The van der Waals surface area contributed by atoms with Crippen LogP contribution in [0.25, 0.3) is 0 Å². The maximum atomic E-state index is 12.5. The molecule has 0 unspecified atom stereocenters. The first-order valence-corrected chi connectivity index (χ1v) is 8.83. The zero-order chi connectivity index (χ0) is 18.0. The lowest BCUT2D eigenvalue weighted by Crippen LogP contribution is -2.39. The fourth-order valence-electron chi connectivity index (χ4n) is 2.46. The number of carbonyl (C=O) groups excluding carboxylic acids is 2. The highest BCUT2D eigenvalue weighted by molar-refractivity contribution is 6.42. The van der Waals surface area contributed by atoms with E-state index in [9.17, 15) is 9.59 Å². The van der Waals surface area contributed by atoms with E-state index in [1.165, 1.54) is 0 Å². The van der Waals surface area contributed by atoms with Gasteiger partial charge in [0.2, 0.25) is 11.8 Å². The molecule has 1 fully saturated rings. The van der Waals surface area contributed by atoms with Gasteiger partial charge in [0.25, 0.3) is 0 Å². The standard InChI is InChI=1S/C18H15Cl3N2O2/c19-12-3-1-11(2-4-12)10-22-16(24)18(7-8-18)17(25)23-13-5-6-14(20)15(21)9-13/h1-6,9H,7-8,10H2,(H,22,24)(H,23,25). The minimum absolute atomic E-state index is 0.278. The van der Waals surface area contributed by atoms with E-state index in [4.69, 9.17) is 34.8 Å². The molecule has 130 valence electrons. The van der Waals surface area contributed by atoms with Crippen LogP contribution in [0.4, 0.5) is 5.69 Å². The molecule has 0 atom stereocenters. The van der Waals surface area contributed by atoms with E-state index in [1.807, 2.05) is 12.1 Å². The van der Waals surface area contributed by atoms with Crippen molar-refractivity contribution in [2.24, 2.45) is 5.41 Å². The molecular weight excluding hydrogens is 383 g/mol. The van der Waals surface area contributed by atoms with E-state index in [-0.39, 0.29) is 11.8 Å². The number of nitrogens with one attached hydrogen (secondary N) is 2. The Bertz CT molecular complexity index is 818. The van der Waals surface area contributed by atoms with Crippen LogP contribution in [-0.2, 0) is 16.1 Å². The molecular formula is C18H15Cl3N2O2.